The number of carbonyl (C=O) groups excluding carboxylic acids is 1. The van der Waals surface area contributed by atoms with Crippen molar-refractivity contribution in [2.75, 3.05) is 5.32 Å². The van der Waals surface area contributed by atoms with Crippen molar-refractivity contribution in [3.8, 4) is 0 Å². The number of halogens is 1. The molecule has 110 valence electrons. The predicted octanol–water partition coefficient (Wildman–Crippen LogP) is 3.26. The Kier molecular flexibility index (Phi) is 4.42. The monoisotopic (exact) mass is 352 g/mol. The smallest absolute Gasteiger partial charge is 0.335 e. The van der Waals surface area contributed by atoms with Crippen molar-refractivity contribution < 1.29 is 19.2 Å². The highest BCUT2D eigenvalue weighted by molar-refractivity contribution is 9.10. The first kappa shape index (κ1) is 15.2. The first-order chi connectivity index (χ1) is 9.93. The zero-order chi connectivity index (χ0) is 15.6. The molecule has 2 N–H and O–H groups in total. The van der Waals surface area contributed by atoms with E-state index in [4.69, 9.17) is 9.63 Å². The van der Waals surface area contributed by atoms with E-state index < -0.39 is 5.97 Å². The molecule has 1 amide bonds. The zero-order valence-electron chi connectivity index (χ0n) is 11.4. The molecule has 0 spiro atoms. The molecule has 2 aromatic rings. The molecule has 0 saturated carbocycles. The van der Waals surface area contributed by atoms with Crippen molar-refractivity contribution in [3.63, 3.8) is 0 Å². The van der Waals surface area contributed by atoms with E-state index in [2.05, 4.69) is 26.4 Å². The van der Waals surface area contributed by atoms with Crippen LogP contribution in [0, 0.1) is 6.92 Å². The van der Waals surface area contributed by atoms with Crippen LogP contribution in [0.25, 0.3) is 0 Å². The largest absolute Gasteiger partial charge is 0.478 e. The van der Waals surface area contributed by atoms with Gasteiger partial charge in [-0.2, -0.15) is 0 Å². The second-order valence-corrected chi connectivity index (χ2v) is 5.22. The lowest BCUT2D eigenvalue weighted by Crippen LogP contribution is -2.15. The van der Waals surface area contributed by atoms with Crippen LogP contribution in [0.2, 0.25) is 0 Å². The Balaban J connectivity index is 2.33. The minimum absolute atomic E-state index is 0.0891. The topological polar surface area (TPSA) is 92.4 Å². The summed E-state index contributed by atoms with van der Waals surface area (Å²) in [6.07, 6.45) is 0.566. The first-order valence-corrected chi connectivity index (χ1v) is 7.02. The number of aromatic carboxylic acids is 1. The van der Waals surface area contributed by atoms with Crippen molar-refractivity contribution in [2.24, 2.45) is 0 Å². The fourth-order valence-corrected chi connectivity index (χ4v) is 2.23. The summed E-state index contributed by atoms with van der Waals surface area (Å²) in [6.45, 7) is 3.53. The van der Waals surface area contributed by atoms with Gasteiger partial charge in [-0.3, -0.25) is 4.79 Å². The van der Waals surface area contributed by atoms with Gasteiger partial charge in [0, 0.05) is 4.47 Å². The zero-order valence-corrected chi connectivity index (χ0v) is 13.0. The van der Waals surface area contributed by atoms with Gasteiger partial charge in [0.2, 0.25) is 0 Å². The summed E-state index contributed by atoms with van der Waals surface area (Å²) in [5, 5.41) is 15.5. The lowest BCUT2D eigenvalue weighted by Gasteiger charge is -2.08. The Morgan fingerprint density at radius 1 is 1.43 bits per heavy atom. The van der Waals surface area contributed by atoms with Crippen molar-refractivity contribution >= 4 is 33.5 Å². The van der Waals surface area contributed by atoms with E-state index in [0.29, 0.717) is 33.6 Å². The summed E-state index contributed by atoms with van der Waals surface area (Å²) in [4.78, 5) is 23.3. The molecule has 0 fully saturated rings. The molecule has 6 nitrogen and oxygen atoms in total. The molecular formula is C14H13BrN2O4. The number of hydrogen-bond acceptors (Lipinski definition) is 4. The van der Waals surface area contributed by atoms with Crippen molar-refractivity contribution in [1.82, 2.24) is 5.16 Å². The molecule has 1 heterocycles. The average molecular weight is 353 g/mol. The third-order valence-electron chi connectivity index (χ3n) is 2.96. The van der Waals surface area contributed by atoms with E-state index in [1.807, 2.05) is 6.92 Å². The van der Waals surface area contributed by atoms with Crippen LogP contribution in [-0.2, 0) is 6.42 Å². The number of carboxylic acid groups (broad SMARTS) is 1. The Hall–Kier alpha value is -2.15. The van der Waals surface area contributed by atoms with Gasteiger partial charge in [0.05, 0.1) is 16.9 Å². The van der Waals surface area contributed by atoms with Gasteiger partial charge in [-0.1, -0.05) is 12.1 Å². The molecule has 0 atom stereocenters. The summed E-state index contributed by atoms with van der Waals surface area (Å²) in [7, 11) is 0. The molecule has 0 saturated heterocycles. The van der Waals surface area contributed by atoms with E-state index in [1.165, 1.54) is 12.1 Å². The Labute approximate surface area is 129 Å². The molecule has 2 rings (SSSR count). The number of aromatic nitrogens is 1. The van der Waals surface area contributed by atoms with E-state index in [1.54, 1.807) is 13.0 Å². The minimum Gasteiger partial charge on any atom is -0.478 e. The van der Waals surface area contributed by atoms with Crippen molar-refractivity contribution in [2.45, 2.75) is 20.3 Å². The minimum atomic E-state index is -1.06. The van der Waals surface area contributed by atoms with Gasteiger partial charge in [0.15, 0.2) is 0 Å². The third kappa shape index (κ3) is 3.13. The summed E-state index contributed by atoms with van der Waals surface area (Å²) in [5.74, 6) is -1.02. The lowest BCUT2D eigenvalue weighted by molar-refractivity contribution is 0.0696. The van der Waals surface area contributed by atoms with E-state index in [0.717, 1.165) is 0 Å². The van der Waals surface area contributed by atoms with E-state index >= 15 is 0 Å². The van der Waals surface area contributed by atoms with Crippen LogP contribution in [0.15, 0.2) is 27.2 Å². The molecule has 0 aliphatic carbocycles. The number of amides is 1. The molecule has 1 aromatic carbocycles. The molecule has 7 heteroatoms. The van der Waals surface area contributed by atoms with Gasteiger partial charge in [-0.15, -0.1) is 0 Å². The number of carbonyl (C=O) groups is 2. The van der Waals surface area contributed by atoms with E-state index in [9.17, 15) is 9.59 Å². The quantitative estimate of drug-likeness (QED) is 0.880. The number of nitrogens with one attached hydrogen (secondary N) is 1. The molecule has 0 aliphatic heterocycles. The van der Waals surface area contributed by atoms with Gasteiger partial charge >= 0.3 is 5.97 Å². The number of anilines is 1. The Bertz CT molecular complexity index is 709. The summed E-state index contributed by atoms with van der Waals surface area (Å²) in [6, 6.07) is 4.41. The summed E-state index contributed by atoms with van der Waals surface area (Å²) >= 11 is 3.28. The van der Waals surface area contributed by atoms with Crippen LogP contribution in [0.1, 0.15) is 39.1 Å². The molecule has 0 unspecified atom stereocenters. The molecular weight excluding hydrogens is 340 g/mol. The van der Waals surface area contributed by atoms with Crippen molar-refractivity contribution in [3.05, 3.63) is 45.3 Å². The number of hydrogen-bond donors (Lipinski definition) is 2. The number of aryl methyl sites for hydroxylation is 2. The fourth-order valence-electron chi connectivity index (χ4n) is 1.89. The maximum atomic E-state index is 12.3. The molecule has 0 radical (unpaired) electrons. The lowest BCUT2D eigenvalue weighted by atomic mass is 10.1. The fraction of sp³-hybridized carbons (Fsp3) is 0.214. The van der Waals surface area contributed by atoms with Gasteiger partial charge in [-0.25, -0.2) is 4.79 Å². The first-order valence-electron chi connectivity index (χ1n) is 6.23. The highest BCUT2D eigenvalue weighted by atomic mass is 79.9. The Morgan fingerprint density at radius 2 is 2.14 bits per heavy atom. The van der Waals surface area contributed by atoms with E-state index in [-0.39, 0.29) is 11.5 Å². The van der Waals surface area contributed by atoms with Crippen LogP contribution in [-0.4, -0.2) is 22.1 Å². The molecule has 0 bridgehead atoms. The highest BCUT2D eigenvalue weighted by Crippen LogP contribution is 2.25. The summed E-state index contributed by atoms with van der Waals surface area (Å²) < 4.78 is 5.61. The maximum Gasteiger partial charge on any atom is 0.335 e. The van der Waals surface area contributed by atoms with Crippen molar-refractivity contribution in [1.29, 1.82) is 0 Å². The average Bonchev–Trinajstić information content (AvgIpc) is 2.82. The second kappa shape index (κ2) is 6.09. The molecule has 21 heavy (non-hydrogen) atoms. The van der Waals surface area contributed by atoms with Crippen LogP contribution < -0.4 is 5.32 Å². The standard InChI is InChI=1S/C14H13BrN2O4/c1-3-10-12(7(2)21-17-10)13(18)16-11-6-8(14(19)20)4-5-9(11)15/h4-6H,3H2,1-2H3,(H,16,18)(H,19,20). The molecule has 1 aromatic heterocycles. The van der Waals surface area contributed by atoms with Crippen LogP contribution in [0.4, 0.5) is 5.69 Å². The van der Waals surface area contributed by atoms with Crippen LogP contribution in [0.3, 0.4) is 0 Å². The second-order valence-electron chi connectivity index (χ2n) is 4.37. The number of rotatable bonds is 4. The number of benzene rings is 1. The maximum absolute atomic E-state index is 12.3. The Morgan fingerprint density at radius 3 is 2.76 bits per heavy atom. The molecule has 0 aliphatic rings. The number of nitrogens with zero attached hydrogens (tertiary/aromatic N) is 1. The van der Waals surface area contributed by atoms with Gasteiger partial charge in [0.25, 0.3) is 5.91 Å². The van der Waals surface area contributed by atoms with Gasteiger partial charge < -0.3 is 14.9 Å². The van der Waals surface area contributed by atoms with Gasteiger partial charge in [0.1, 0.15) is 11.3 Å². The van der Waals surface area contributed by atoms with Crippen LogP contribution >= 0.6 is 15.9 Å². The normalized spacial score (nSPS) is 10.4. The highest BCUT2D eigenvalue weighted by Gasteiger charge is 2.20. The summed E-state index contributed by atoms with van der Waals surface area (Å²) in [5.41, 5.74) is 1.41. The predicted molar refractivity (Wildman–Crippen MR) is 79.7 cm³/mol. The third-order valence-corrected chi connectivity index (χ3v) is 3.65. The number of carboxylic acids is 1. The van der Waals surface area contributed by atoms with Gasteiger partial charge in [-0.05, 0) is 47.5 Å². The van der Waals surface area contributed by atoms with Crippen LogP contribution in [0.5, 0.6) is 0 Å². The SMILES string of the molecule is CCc1noc(C)c1C(=O)Nc1cc(C(=O)O)ccc1Br.